The highest BCUT2D eigenvalue weighted by atomic mass is 32.2. The molecule has 0 saturated carbocycles. The lowest BCUT2D eigenvalue weighted by Crippen LogP contribution is -3.11. The van der Waals surface area contributed by atoms with Gasteiger partial charge in [-0.15, -0.1) is 0 Å². The second kappa shape index (κ2) is 8.50. The van der Waals surface area contributed by atoms with Gasteiger partial charge in [0, 0.05) is 19.5 Å². The van der Waals surface area contributed by atoms with Crippen LogP contribution < -0.4 is 4.90 Å². The number of likely N-dealkylation sites (tertiary alicyclic amines) is 1. The molecule has 6 nitrogen and oxygen atoms in total. The molecule has 0 radical (unpaired) electrons. The molecule has 26 heavy (non-hydrogen) atoms. The minimum Gasteiger partial charge on any atom is -0.453 e. The largest absolute Gasteiger partial charge is 0.453 e. The molecule has 2 aliphatic rings. The van der Waals surface area contributed by atoms with Crippen molar-refractivity contribution in [1.29, 1.82) is 0 Å². The Bertz CT molecular complexity index is 727. The van der Waals surface area contributed by atoms with E-state index in [4.69, 9.17) is 4.74 Å². The lowest BCUT2D eigenvalue weighted by molar-refractivity contribution is -0.888. The predicted octanol–water partition coefficient (Wildman–Crippen LogP) is 1.09. The van der Waals surface area contributed by atoms with E-state index in [1.54, 1.807) is 22.5 Å². The summed E-state index contributed by atoms with van der Waals surface area (Å²) in [5.74, 6) is -0.433. The number of carbonyl (C=O) groups is 1. The van der Waals surface area contributed by atoms with Gasteiger partial charge in [0.15, 0.2) is 6.10 Å². The summed E-state index contributed by atoms with van der Waals surface area (Å²) in [6, 6.07) is 6.28. The Morgan fingerprint density at radius 1 is 1.15 bits per heavy atom. The number of hydrogen-bond donors (Lipinski definition) is 1. The molecule has 2 atom stereocenters. The summed E-state index contributed by atoms with van der Waals surface area (Å²) < 4.78 is 33.0. The zero-order valence-electron chi connectivity index (χ0n) is 15.4. The van der Waals surface area contributed by atoms with Crippen LogP contribution in [0.3, 0.4) is 0 Å². The number of quaternary nitrogens is 1. The summed E-state index contributed by atoms with van der Waals surface area (Å²) in [7, 11) is -1.47. The van der Waals surface area contributed by atoms with Crippen LogP contribution in [0.15, 0.2) is 29.2 Å². The number of rotatable bonds is 4. The van der Waals surface area contributed by atoms with Gasteiger partial charge in [0.05, 0.1) is 24.1 Å². The first-order valence-corrected chi connectivity index (χ1v) is 11.0. The highest BCUT2D eigenvalue weighted by Gasteiger charge is 2.27. The maximum atomic E-state index is 12.9. The zero-order chi connectivity index (χ0) is 18.6. The van der Waals surface area contributed by atoms with Crippen LogP contribution in [0, 0.1) is 0 Å². The number of esters is 1. The number of ether oxygens (including phenoxy) is 1. The molecule has 3 rings (SSSR count). The number of likely N-dealkylation sites (N-methyl/N-ethyl adjacent to an activating group) is 1. The molecule has 1 N–H and O–H groups in total. The Morgan fingerprint density at radius 2 is 1.88 bits per heavy atom. The summed E-state index contributed by atoms with van der Waals surface area (Å²) >= 11 is 0. The van der Waals surface area contributed by atoms with E-state index in [0.29, 0.717) is 18.7 Å². The van der Waals surface area contributed by atoms with E-state index >= 15 is 0 Å². The fourth-order valence-electron chi connectivity index (χ4n) is 3.76. The summed E-state index contributed by atoms with van der Waals surface area (Å²) in [6.07, 6.45) is 5.72. The molecule has 144 valence electrons. The van der Waals surface area contributed by atoms with Gasteiger partial charge in [-0.1, -0.05) is 18.9 Å². The maximum absolute atomic E-state index is 12.9. The van der Waals surface area contributed by atoms with Gasteiger partial charge in [0.2, 0.25) is 10.0 Å². The first-order chi connectivity index (χ1) is 12.5. The van der Waals surface area contributed by atoms with Gasteiger partial charge in [-0.2, -0.15) is 4.31 Å². The highest BCUT2D eigenvalue weighted by molar-refractivity contribution is 7.89. The van der Waals surface area contributed by atoms with Crippen molar-refractivity contribution in [2.24, 2.45) is 0 Å². The van der Waals surface area contributed by atoms with Gasteiger partial charge in [0.1, 0.15) is 6.54 Å². The predicted molar refractivity (Wildman–Crippen MR) is 98.7 cm³/mol. The number of nitrogens with zero attached hydrogens (tertiary/aromatic N) is 1. The Labute approximate surface area is 156 Å². The number of carbonyl (C=O) groups excluding carboxylic acids is 1. The third-order valence-electron chi connectivity index (χ3n) is 5.25. The smallest absolute Gasteiger partial charge is 0.338 e. The minimum absolute atomic E-state index is 0.0953. The van der Waals surface area contributed by atoms with Crippen molar-refractivity contribution in [1.82, 2.24) is 4.31 Å². The molecule has 2 heterocycles. The molecule has 2 aliphatic heterocycles. The zero-order valence-corrected chi connectivity index (χ0v) is 16.3. The molecule has 0 spiro atoms. The Morgan fingerprint density at radius 3 is 2.58 bits per heavy atom. The molecule has 1 aromatic rings. The average molecular weight is 382 g/mol. The fraction of sp³-hybridized carbons (Fsp3) is 0.632. The quantitative estimate of drug-likeness (QED) is 0.793. The topological polar surface area (TPSA) is 68.1 Å². The van der Waals surface area contributed by atoms with Crippen LogP contribution in [0.2, 0.25) is 0 Å². The van der Waals surface area contributed by atoms with E-state index in [2.05, 4.69) is 7.05 Å². The second-order valence-electron chi connectivity index (χ2n) is 7.43. The summed E-state index contributed by atoms with van der Waals surface area (Å²) in [4.78, 5) is 14.0. The Kier molecular flexibility index (Phi) is 6.32. The molecule has 0 aromatic heterocycles. The monoisotopic (exact) mass is 381 g/mol. The van der Waals surface area contributed by atoms with Crippen molar-refractivity contribution in [2.75, 3.05) is 33.2 Å². The summed E-state index contributed by atoms with van der Waals surface area (Å²) in [5, 5.41) is 0. The number of hydrogen-bond acceptors (Lipinski definition) is 4. The molecule has 2 fully saturated rings. The van der Waals surface area contributed by atoms with E-state index in [-0.39, 0.29) is 11.0 Å². The average Bonchev–Trinajstić information content (AvgIpc) is 2.92. The van der Waals surface area contributed by atoms with E-state index < -0.39 is 16.0 Å². The second-order valence-corrected chi connectivity index (χ2v) is 9.36. The number of piperidine rings is 1. The number of sulfonamides is 1. The number of nitrogens with one attached hydrogen (secondary N) is 1. The van der Waals surface area contributed by atoms with Crippen LogP contribution >= 0.6 is 0 Å². The molecule has 1 aromatic carbocycles. The van der Waals surface area contributed by atoms with Gasteiger partial charge in [-0.3, -0.25) is 0 Å². The van der Waals surface area contributed by atoms with Crippen molar-refractivity contribution in [2.45, 2.75) is 49.5 Å². The van der Waals surface area contributed by atoms with Crippen molar-refractivity contribution < 1.29 is 22.8 Å². The van der Waals surface area contributed by atoms with E-state index in [0.717, 1.165) is 51.6 Å². The van der Waals surface area contributed by atoms with Crippen LogP contribution in [-0.2, 0) is 14.8 Å². The van der Waals surface area contributed by atoms with Gasteiger partial charge < -0.3 is 9.64 Å². The summed E-state index contributed by atoms with van der Waals surface area (Å²) in [5.41, 5.74) is 0.309. The molecule has 7 heteroatoms. The number of benzene rings is 1. The van der Waals surface area contributed by atoms with Gasteiger partial charge in [-0.05, 0) is 37.5 Å². The standard InChI is InChI=1S/C19H28N2O4S/c1-20-11-7-9-17(15-20)25-19(22)16-8-6-10-18(14-16)26(23,24)21-12-4-2-3-5-13-21/h6,8,10,14,17H,2-5,7,9,11-13,15H2,1H3/p+1/t17-/m0/s1. The molecule has 2 saturated heterocycles. The van der Waals surface area contributed by atoms with Crippen LogP contribution in [-0.4, -0.2) is 58.0 Å². The van der Waals surface area contributed by atoms with E-state index in [1.807, 2.05) is 0 Å². The SMILES string of the molecule is C[NH+]1CCC[C@H](OC(=O)c2cccc(S(=O)(=O)N3CCCCCC3)c2)C1. The Balaban J connectivity index is 1.73. The molecule has 0 amide bonds. The van der Waals surface area contributed by atoms with Gasteiger partial charge in [-0.25, -0.2) is 13.2 Å². The lowest BCUT2D eigenvalue weighted by Gasteiger charge is -2.26. The van der Waals surface area contributed by atoms with Crippen molar-refractivity contribution in [3.05, 3.63) is 29.8 Å². The van der Waals surface area contributed by atoms with Crippen LogP contribution in [0.4, 0.5) is 0 Å². The van der Waals surface area contributed by atoms with Crippen LogP contribution in [0.5, 0.6) is 0 Å². The third-order valence-corrected chi connectivity index (χ3v) is 7.15. The van der Waals surface area contributed by atoms with Crippen molar-refractivity contribution >= 4 is 16.0 Å². The normalized spacial score (nSPS) is 25.4. The highest BCUT2D eigenvalue weighted by Crippen LogP contribution is 2.21. The van der Waals surface area contributed by atoms with Crippen LogP contribution in [0.1, 0.15) is 48.9 Å². The summed E-state index contributed by atoms with van der Waals surface area (Å²) in [6.45, 7) is 3.00. The molecule has 0 bridgehead atoms. The molecular weight excluding hydrogens is 352 g/mol. The Hall–Kier alpha value is -1.44. The third kappa shape index (κ3) is 4.64. The van der Waals surface area contributed by atoms with Crippen molar-refractivity contribution in [3.8, 4) is 0 Å². The van der Waals surface area contributed by atoms with Crippen molar-refractivity contribution in [3.63, 3.8) is 0 Å². The van der Waals surface area contributed by atoms with Gasteiger partial charge in [0.25, 0.3) is 0 Å². The van der Waals surface area contributed by atoms with Crippen LogP contribution in [0.25, 0.3) is 0 Å². The van der Waals surface area contributed by atoms with Gasteiger partial charge >= 0.3 is 5.97 Å². The fourth-order valence-corrected chi connectivity index (χ4v) is 5.32. The molecule has 1 unspecified atom stereocenters. The maximum Gasteiger partial charge on any atom is 0.338 e. The first-order valence-electron chi connectivity index (χ1n) is 9.59. The molecular formula is C19H29N2O4S+. The first kappa shape index (κ1) is 19.3. The molecule has 0 aliphatic carbocycles. The minimum atomic E-state index is -3.56. The van der Waals surface area contributed by atoms with E-state index in [9.17, 15) is 13.2 Å². The van der Waals surface area contributed by atoms with E-state index in [1.165, 1.54) is 11.0 Å². The lowest BCUT2D eigenvalue weighted by atomic mass is 10.1.